The van der Waals surface area contributed by atoms with E-state index in [0.717, 1.165) is 0 Å². The Morgan fingerprint density at radius 2 is 1.22 bits per heavy atom. The van der Waals surface area contributed by atoms with Gasteiger partial charge in [-0.15, -0.1) is 0 Å². The molecular weight excluding hydrogens is 373 g/mol. The molecule has 0 aromatic rings. The van der Waals surface area contributed by atoms with Gasteiger partial charge in [0.15, 0.2) is 18.5 Å². The lowest BCUT2D eigenvalue weighted by molar-refractivity contribution is -0.145. The third kappa shape index (κ3) is 7.12. The molecule has 14 heteroatoms. The van der Waals surface area contributed by atoms with Crippen LogP contribution in [0.3, 0.4) is 0 Å². The van der Waals surface area contributed by atoms with E-state index in [-0.39, 0.29) is 0 Å². The molecule has 0 radical (unpaired) electrons. The topological polar surface area (TPSA) is 66.4 Å². The molecule has 0 bridgehead atoms. The molecule has 5 unspecified atom stereocenters. The van der Waals surface area contributed by atoms with E-state index in [2.05, 4.69) is 5.32 Å². The standard InChI is InChI=1S/C7H7F9O3S.C2H7N/c8-1(3(10)5(12)13)2(9)4(11)7(15,16)6(14)20(17,18)19;1-3-2/h1-6H,(H,17,18,19);3H,1-2H3. The third-order valence-corrected chi connectivity index (χ3v) is 2.90. The predicted molar refractivity (Wildman–Crippen MR) is 62.0 cm³/mol. The molecule has 4 nitrogen and oxygen atoms in total. The van der Waals surface area contributed by atoms with Crippen LogP contribution in [0.2, 0.25) is 0 Å². The van der Waals surface area contributed by atoms with Gasteiger partial charge >= 0.3 is 16.0 Å². The summed E-state index contributed by atoms with van der Waals surface area (Å²) in [4.78, 5) is 0. The molecule has 0 aliphatic carbocycles. The summed E-state index contributed by atoms with van der Waals surface area (Å²) in [5.74, 6) is -5.82. The van der Waals surface area contributed by atoms with Gasteiger partial charge in [-0.05, 0) is 14.1 Å². The molecule has 0 rings (SSSR count). The average molecular weight is 387 g/mol. The Morgan fingerprint density at radius 1 is 0.870 bits per heavy atom. The van der Waals surface area contributed by atoms with Crippen LogP contribution in [0.1, 0.15) is 0 Å². The van der Waals surface area contributed by atoms with Gasteiger partial charge in [0, 0.05) is 0 Å². The molecule has 5 atom stereocenters. The van der Waals surface area contributed by atoms with E-state index >= 15 is 0 Å². The summed E-state index contributed by atoms with van der Waals surface area (Å²) >= 11 is 0. The van der Waals surface area contributed by atoms with Gasteiger partial charge in [-0.25, -0.2) is 30.7 Å². The van der Waals surface area contributed by atoms with Crippen LogP contribution in [0.4, 0.5) is 39.5 Å². The molecule has 0 aromatic heterocycles. The van der Waals surface area contributed by atoms with Gasteiger partial charge in [-0.1, -0.05) is 0 Å². The molecule has 2 N–H and O–H groups in total. The van der Waals surface area contributed by atoms with E-state index in [4.69, 9.17) is 4.55 Å². The molecular formula is C9H14F9NO3S. The van der Waals surface area contributed by atoms with Crippen molar-refractivity contribution in [1.29, 1.82) is 0 Å². The van der Waals surface area contributed by atoms with Gasteiger partial charge in [0.1, 0.15) is 0 Å². The molecule has 23 heavy (non-hydrogen) atoms. The van der Waals surface area contributed by atoms with Crippen LogP contribution in [-0.2, 0) is 10.1 Å². The van der Waals surface area contributed by atoms with Crippen LogP contribution < -0.4 is 5.32 Å². The van der Waals surface area contributed by atoms with E-state index in [1.807, 2.05) is 14.1 Å². The number of hydrogen-bond acceptors (Lipinski definition) is 3. The van der Waals surface area contributed by atoms with E-state index < -0.39 is 52.7 Å². The van der Waals surface area contributed by atoms with Crippen molar-refractivity contribution in [3.05, 3.63) is 0 Å². The van der Waals surface area contributed by atoms with Gasteiger partial charge in [0.2, 0.25) is 6.17 Å². The zero-order valence-corrected chi connectivity index (χ0v) is 12.4. The summed E-state index contributed by atoms with van der Waals surface area (Å²) in [5.41, 5.74) is -4.68. The Kier molecular flexibility index (Phi) is 10.1. The van der Waals surface area contributed by atoms with Crippen LogP contribution in [0.25, 0.3) is 0 Å². The molecule has 0 aromatic carbocycles. The second-order valence-electron chi connectivity index (χ2n) is 4.08. The Balaban J connectivity index is 0. The molecule has 0 heterocycles. The Hall–Kier alpha value is -0.760. The van der Waals surface area contributed by atoms with Gasteiger partial charge in [0.05, 0.1) is 0 Å². The van der Waals surface area contributed by atoms with Crippen LogP contribution >= 0.6 is 0 Å². The highest BCUT2D eigenvalue weighted by Crippen LogP contribution is 2.36. The second-order valence-corrected chi connectivity index (χ2v) is 5.52. The lowest BCUT2D eigenvalue weighted by Gasteiger charge is -2.27. The maximum Gasteiger partial charge on any atom is 0.328 e. The molecule has 0 spiro atoms. The average Bonchev–Trinajstić information content (AvgIpc) is 2.42. The summed E-state index contributed by atoms with van der Waals surface area (Å²) in [6.45, 7) is 0. The molecule has 0 fully saturated rings. The smallest absolute Gasteiger partial charge is 0.323 e. The van der Waals surface area contributed by atoms with Gasteiger partial charge in [0.25, 0.3) is 11.9 Å². The van der Waals surface area contributed by atoms with Crippen LogP contribution in [-0.4, -0.2) is 69.6 Å². The summed E-state index contributed by atoms with van der Waals surface area (Å²) < 4.78 is 140. The van der Waals surface area contributed by atoms with E-state index in [1.54, 1.807) is 0 Å². The second kappa shape index (κ2) is 9.52. The van der Waals surface area contributed by atoms with E-state index in [9.17, 15) is 47.9 Å². The lowest BCUT2D eigenvalue weighted by Crippen LogP contribution is -2.52. The summed E-state index contributed by atoms with van der Waals surface area (Å²) in [6, 6.07) is 0. The molecule has 0 amide bonds. The van der Waals surface area contributed by atoms with Gasteiger partial charge < -0.3 is 5.32 Å². The van der Waals surface area contributed by atoms with Crippen molar-refractivity contribution in [2.24, 2.45) is 0 Å². The first-order valence-electron chi connectivity index (χ1n) is 5.57. The highest BCUT2D eigenvalue weighted by Gasteiger charge is 2.60. The van der Waals surface area contributed by atoms with Crippen molar-refractivity contribution >= 4 is 10.1 Å². The Labute approximate surface area is 125 Å². The minimum atomic E-state index is -6.19. The SMILES string of the molecule is CNC.O=S(=O)(O)C(F)C(F)(F)C(F)C(F)C(F)C(F)C(F)F. The summed E-state index contributed by atoms with van der Waals surface area (Å²) in [6.07, 6.45) is -21.2. The first kappa shape index (κ1) is 24.5. The summed E-state index contributed by atoms with van der Waals surface area (Å²) in [7, 11) is -2.44. The van der Waals surface area contributed by atoms with Crippen molar-refractivity contribution in [3.63, 3.8) is 0 Å². The number of nitrogens with one attached hydrogen (secondary N) is 1. The van der Waals surface area contributed by atoms with E-state index in [1.165, 1.54) is 0 Å². The van der Waals surface area contributed by atoms with Crippen molar-refractivity contribution in [2.45, 2.75) is 42.5 Å². The molecule has 0 aliphatic heterocycles. The first-order chi connectivity index (χ1) is 10.2. The fraction of sp³-hybridized carbons (Fsp3) is 1.00. The fourth-order valence-electron chi connectivity index (χ4n) is 1.01. The Bertz CT molecular complexity index is 436. The molecule has 0 aliphatic rings. The predicted octanol–water partition coefficient (Wildman–Crippen LogP) is 2.26. The van der Waals surface area contributed by atoms with Crippen LogP contribution in [0, 0.1) is 0 Å². The minimum Gasteiger partial charge on any atom is -0.323 e. The van der Waals surface area contributed by atoms with Crippen LogP contribution in [0.15, 0.2) is 0 Å². The van der Waals surface area contributed by atoms with E-state index in [0.29, 0.717) is 0 Å². The molecule has 0 saturated heterocycles. The Morgan fingerprint density at radius 3 is 1.48 bits per heavy atom. The highest BCUT2D eigenvalue weighted by atomic mass is 32.2. The van der Waals surface area contributed by atoms with Crippen molar-refractivity contribution < 1.29 is 52.5 Å². The monoisotopic (exact) mass is 387 g/mol. The maximum atomic E-state index is 12.8. The minimum absolute atomic E-state index is 1.88. The van der Waals surface area contributed by atoms with Crippen LogP contribution in [0.5, 0.6) is 0 Å². The number of halogens is 9. The number of alkyl halides is 9. The van der Waals surface area contributed by atoms with Crippen molar-refractivity contribution in [1.82, 2.24) is 5.32 Å². The zero-order chi connectivity index (χ0) is 19.2. The zero-order valence-electron chi connectivity index (χ0n) is 11.5. The third-order valence-electron chi connectivity index (χ3n) is 2.06. The number of rotatable bonds is 7. The normalized spacial score (nSPS) is 19.3. The molecule has 0 saturated carbocycles. The summed E-state index contributed by atoms with van der Waals surface area (Å²) in [5, 5.41) is 2.75. The van der Waals surface area contributed by atoms with Crippen molar-refractivity contribution in [2.75, 3.05) is 14.1 Å². The highest BCUT2D eigenvalue weighted by molar-refractivity contribution is 7.86. The fourth-order valence-corrected chi connectivity index (χ4v) is 1.54. The molecule has 142 valence electrons. The first-order valence-corrected chi connectivity index (χ1v) is 7.07. The quantitative estimate of drug-likeness (QED) is 0.520. The maximum absolute atomic E-state index is 12.8. The van der Waals surface area contributed by atoms with Gasteiger partial charge in [-0.2, -0.15) is 17.2 Å². The van der Waals surface area contributed by atoms with Crippen molar-refractivity contribution in [3.8, 4) is 0 Å². The largest absolute Gasteiger partial charge is 0.328 e. The van der Waals surface area contributed by atoms with Gasteiger partial charge in [-0.3, -0.25) is 4.55 Å². The number of hydrogen-bond donors (Lipinski definition) is 2. The lowest BCUT2D eigenvalue weighted by atomic mass is 10.0.